The molecule has 2 nitrogen and oxygen atoms in total. The zero-order valence-corrected chi connectivity index (χ0v) is 7.97. The van der Waals surface area contributed by atoms with Gasteiger partial charge in [-0.25, -0.2) is 4.39 Å². The topological polar surface area (TPSA) is 35.8 Å². The molecular formula is C11H11FN2. The molecule has 0 spiro atoms. The van der Waals surface area contributed by atoms with Gasteiger partial charge in [0.05, 0.1) is 6.07 Å². The monoisotopic (exact) mass is 190 g/mol. The summed E-state index contributed by atoms with van der Waals surface area (Å²) in [6.07, 6.45) is 1.28. The van der Waals surface area contributed by atoms with Crippen LogP contribution in [0.3, 0.4) is 0 Å². The quantitative estimate of drug-likeness (QED) is 0.731. The second-order valence-electron chi connectivity index (χ2n) is 3.53. The van der Waals surface area contributed by atoms with Crippen LogP contribution in [-0.4, -0.2) is 7.05 Å². The van der Waals surface area contributed by atoms with Crippen LogP contribution in [0.1, 0.15) is 17.5 Å². The normalized spacial score (nSPS) is 24.4. The van der Waals surface area contributed by atoms with Crippen LogP contribution in [0.5, 0.6) is 0 Å². The molecule has 0 amide bonds. The van der Waals surface area contributed by atoms with Gasteiger partial charge < -0.3 is 0 Å². The van der Waals surface area contributed by atoms with Gasteiger partial charge >= 0.3 is 0 Å². The van der Waals surface area contributed by atoms with E-state index in [2.05, 4.69) is 11.4 Å². The third-order valence-corrected chi connectivity index (χ3v) is 2.95. The smallest absolute Gasteiger partial charge is 0.132 e. The Balaban J connectivity index is 2.61. The molecule has 0 bridgehead atoms. The molecule has 0 saturated carbocycles. The van der Waals surface area contributed by atoms with Crippen molar-refractivity contribution in [3.63, 3.8) is 0 Å². The number of hydrogen-bond donors (Lipinski definition) is 1. The summed E-state index contributed by atoms with van der Waals surface area (Å²) < 4.78 is 13.4. The highest BCUT2D eigenvalue weighted by molar-refractivity contribution is 5.43. The minimum Gasteiger partial charge on any atom is -0.299 e. The lowest BCUT2D eigenvalue weighted by Crippen LogP contribution is -2.36. The van der Waals surface area contributed by atoms with Gasteiger partial charge in [-0.05, 0) is 37.1 Å². The van der Waals surface area contributed by atoms with E-state index in [1.165, 1.54) is 6.07 Å². The number of hydrogen-bond acceptors (Lipinski definition) is 2. The Morgan fingerprint density at radius 3 is 3.00 bits per heavy atom. The molecule has 0 radical (unpaired) electrons. The van der Waals surface area contributed by atoms with Crippen LogP contribution >= 0.6 is 0 Å². The lowest BCUT2D eigenvalue weighted by Gasteiger charge is -2.20. The van der Waals surface area contributed by atoms with Gasteiger partial charge in [-0.15, -0.1) is 0 Å². The first-order valence-corrected chi connectivity index (χ1v) is 4.61. The van der Waals surface area contributed by atoms with Crippen LogP contribution in [0.15, 0.2) is 18.2 Å². The van der Waals surface area contributed by atoms with E-state index in [9.17, 15) is 4.39 Å². The summed E-state index contributed by atoms with van der Waals surface area (Å²) in [6, 6.07) is 7.16. The van der Waals surface area contributed by atoms with Crippen LogP contribution < -0.4 is 5.32 Å². The maximum atomic E-state index is 13.4. The lowest BCUT2D eigenvalue weighted by molar-refractivity contribution is 0.467. The van der Waals surface area contributed by atoms with E-state index < -0.39 is 5.54 Å². The Bertz CT molecular complexity index is 408. The first-order chi connectivity index (χ1) is 6.73. The van der Waals surface area contributed by atoms with Gasteiger partial charge in [-0.3, -0.25) is 5.32 Å². The van der Waals surface area contributed by atoms with Gasteiger partial charge in [0.15, 0.2) is 0 Å². The van der Waals surface area contributed by atoms with Crippen LogP contribution in [0.2, 0.25) is 0 Å². The summed E-state index contributed by atoms with van der Waals surface area (Å²) in [4.78, 5) is 0. The lowest BCUT2D eigenvalue weighted by atomic mass is 9.94. The average molecular weight is 190 g/mol. The number of nitriles is 1. The summed E-state index contributed by atoms with van der Waals surface area (Å²) in [5, 5.41) is 12.1. The molecule has 1 unspecified atom stereocenters. The Hall–Kier alpha value is -1.40. The fraction of sp³-hybridized carbons (Fsp3) is 0.364. The van der Waals surface area contributed by atoms with E-state index in [1.807, 2.05) is 6.07 Å². The molecule has 1 aromatic carbocycles. The van der Waals surface area contributed by atoms with Gasteiger partial charge in [0.1, 0.15) is 11.4 Å². The molecule has 0 saturated heterocycles. The highest BCUT2D eigenvalue weighted by Gasteiger charge is 2.38. The number of rotatable bonds is 1. The molecule has 1 aliphatic carbocycles. The average Bonchev–Trinajstić information content (AvgIpc) is 2.59. The Kier molecular flexibility index (Phi) is 2.01. The Morgan fingerprint density at radius 2 is 2.36 bits per heavy atom. The molecule has 0 aromatic heterocycles. The van der Waals surface area contributed by atoms with Crippen molar-refractivity contribution >= 4 is 0 Å². The van der Waals surface area contributed by atoms with Crippen molar-refractivity contribution in [1.82, 2.24) is 5.32 Å². The fourth-order valence-electron chi connectivity index (χ4n) is 2.09. The van der Waals surface area contributed by atoms with Crippen LogP contribution in [-0.2, 0) is 12.0 Å². The zero-order chi connectivity index (χ0) is 10.2. The molecule has 14 heavy (non-hydrogen) atoms. The molecule has 0 fully saturated rings. The number of benzene rings is 1. The predicted octanol–water partition coefficient (Wildman–Crippen LogP) is 1.71. The fourth-order valence-corrected chi connectivity index (χ4v) is 2.09. The minimum atomic E-state index is -0.683. The third-order valence-electron chi connectivity index (χ3n) is 2.95. The zero-order valence-electron chi connectivity index (χ0n) is 7.97. The molecule has 1 aromatic rings. The Morgan fingerprint density at radius 1 is 1.57 bits per heavy atom. The summed E-state index contributed by atoms with van der Waals surface area (Å²) in [5.41, 5.74) is 0.795. The van der Waals surface area contributed by atoms with E-state index >= 15 is 0 Å². The van der Waals surface area contributed by atoms with Gasteiger partial charge in [0.2, 0.25) is 0 Å². The van der Waals surface area contributed by atoms with E-state index in [4.69, 9.17) is 5.26 Å². The molecule has 0 aliphatic heterocycles. The van der Waals surface area contributed by atoms with Crippen molar-refractivity contribution in [2.45, 2.75) is 18.4 Å². The Labute approximate surface area is 82.4 Å². The first kappa shape index (κ1) is 9.17. The second kappa shape index (κ2) is 3.07. The van der Waals surface area contributed by atoms with Gasteiger partial charge in [0.25, 0.3) is 0 Å². The van der Waals surface area contributed by atoms with E-state index in [0.29, 0.717) is 18.4 Å². The molecule has 3 heteroatoms. The highest BCUT2D eigenvalue weighted by Crippen LogP contribution is 2.37. The molecule has 2 rings (SSSR count). The minimum absolute atomic E-state index is 0.199. The van der Waals surface area contributed by atoms with Gasteiger partial charge in [0, 0.05) is 0 Å². The van der Waals surface area contributed by atoms with Crippen LogP contribution in [0.4, 0.5) is 4.39 Å². The standard InChI is InChI=1S/C11H11FN2/c1-14-11(7-13)6-5-8-9(11)3-2-4-10(8)12/h2-4,14H,5-6H2,1H3. The van der Waals surface area contributed by atoms with E-state index in [0.717, 1.165) is 5.56 Å². The summed E-state index contributed by atoms with van der Waals surface area (Å²) in [6.45, 7) is 0. The maximum Gasteiger partial charge on any atom is 0.132 e. The van der Waals surface area contributed by atoms with Crippen molar-refractivity contribution in [3.05, 3.63) is 35.1 Å². The number of fused-ring (bicyclic) bond motifs is 1. The van der Waals surface area contributed by atoms with Gasteiger partial charge in [-0.1, -0.05) is 12.1 Å². The molecular weight excluding hydrogens is 179 g/mol. The highest BCUT2D eigenvalue weighted by atomic mass is 19.1. The van der Waals surface area contributed by atoms with Crippen molar-refractivity contribution in [2.75, 3.05) is 7.05 Å². The number of halogens is 1. The van der Waals surface area contributed by atoms with Crippen molar-refractivity contribution in [1.29, 1.82) is 5.26 Å². The van der Waals surface area contributed by atoms with E-state index in [1.54, 1.807) is 13.1 Å². The summed E-state index contributed by atoms with van der Waals surface area (Å²) >= 11 is 0. The number of nitrogens with one attached hydrogen (secondary N) is 1. The number of nitrogens with zero attached hydrogens (tertiary/aromatic N) is 1. The van der Waals surface area contributed by atoms with E-state index in [-0.39, 0.29) is 5.82 Å². The largest absolute Gasteiger partial charge is 0.299 e. The molecule has 1 aliphatic rings. The second-order valence-corrected chi connectivity index (χ2v) is 3.53. The van der Waals surface area contributed by atoms with Crippen molar-refractivity contribution < 1.29 is 4.39 Å². The molecule has 1 N–H and O–H groups in total. The SMILES string of the molecule is CNC1(C#N)CCc2c(F)cccc21. The van der Waals surface area contributed by atoms with Crippen molar-refractivity contribution in [3.8, 4) is 6.07 Å². The van der Waals surface area contributed by atoms with Gasteiger partial charge in [-0.2, -0.15) is 5.26 Å². The predicted molar refractivity (Wildman–Crippen MR) is 51.1 cm³/mol. The van der Waals surface area contributed by atoms with Crippen LogP contribution in [0.25, 0.3) is 0 Å². The first-order valence-electron chi connectivity index (χ1n) is 4.61. The van der Waals surface area contributed by atoms with Crippen molar-refractivity contribution in [2.24, 2.45) is 0 Å². The third kappa shape index (κ3) is 1.04. The molecule has 0 heterocycles. The summed E-state index contributed by atoms with van der Waals surface area (Å²) in [5.74, 6) is -0.199. The maximum absolute atomic E-state index is 13.4. The summed E-state index contributed by atoms with van der Waals surface area (Å²) in [7, 11) is 1.74. The molecule has 1 atom stereocenters. The molecule has 72 valence electrons. The van der Waals surface area contributed by atoms with Crippen LogP contribution in [0, 0.1) is 17.1 Å².